The first-order valence-electron chi connectivity index (χ1n) is 8.15. The van der Waals surface area contributed by atoms with Crippen molar-refractivity contribution in [3.05, 3.63) is 51.4 Å². The molecule has 0 aliphatic rings. The van der Waals surface area contributed by atoms with Gasteiger partial charge in [0.15, 0.2) is 5.96 Å². The highest BCUT2D eigenvalue weighted by atomic mass is 32.1. The van der Waals surface area contributed by atoms with Crippen molar-refractivity contribution in [2.45, 2.75) is 32.9 Å². The number of aliphatic imine (C=N–C) groups is 1. The highest BCUT2D eigenvalue weighted by Crippen LogP contribution is 2.23. The summed E-state index contributed by atoms with van der Waals surface area (Å²) in [5.74, 6) is 1.43. The van der Waals surface area contributed by atoms with Gasteiger partial charge in [-0.05, 0) is 37.4 Å². The van der Waals surface area contributed by atoms with Gasteiger partial charge >= 0.3 is 0 Å². The number of aryl methyl sites for hydroxylation is 1. The van der Waals surface area contributed by atoms with E-state index < -0.39 is 0 Å². The number of nitrogens with zero attached hydrogens (tertiary/aromatic N) is 2. The number of guanidine groups is 1. The Morgan fingerprint density at radius 1 is 1.36 bits per heavy atom. The van der Waals surface area contributed by atoms with E-state index in [1.54, 1.807) is 24.6 Å². The van der Waals surface area contributed by atoms with E-state index in [0.717, 1.165) is 23.0 Å². The summed E-state index contributed by atoms with van der Waals surface area (Å²) in [4.78, 5) is 12.6. The van der Waals surface area contributed by atoms with Crippen molar-refractivity contribution >= 4 is 28.6 Å². The zero-order valence-corrected chi connectivity index (χ0v) is 16.2. The van der Waals surface area contributed by atoms with Crippen LogP contribution >= 0.6 is 22.7 Å². The van der Waals surface area contributed by atoms with Crippen LogP contribution in [-0.4, -0.2) is 24.0 Å². The summed E-state index contributed by atoms with van der Waals surface area (Å²) in [6, 6.07) is 8.64. The van der Waals surface area contributed by atoms with Crippen LogP contribution in [0.2, 0.25) is 0 Å². The number of thiophene rings is 2. The molecule has 0 saturated carbocycles. The van der Waals surface area contributed by atoms with Crippen LogP contribution in [0.3, 0.4) is 0 Å². The Morgan fingerprint density at radius 3 is 2.92 bits per heavy atom. The number of nitrogens with one attached hydrogen (secondary N) is 2. The van der Waals surface area contributed by atoms with Crippen molar-refractivity contribution in [1.82, 2.24) is 15.6 Å². The molecule has 5 nitrogen and oxygen atoms in total. The molecule has 0 fully saturated rings. The molecule has 7 heteroatoms. The van der Waals surface area contributed by atoms with Gasteiger partial charge in [-0.25, -0.2) is 4.98 Å². The minimum atomic E-state index is 0.295. The second-order valence-corrected chi connectivity index (χ2v) is 8.13. The summed E-state index contributed by atoms with van der Waals surface area (Å²) in [5.41, 5.74) is 0.855. The maximum atomic E-state index is 5.54. The van der Waals surface area contributed by atoms with Crippen molar-refractivity contribution in [2.75, 3.05) is 7.05 Å². The molecule has 1 atom stereocenters. The zero-order chi connectivity index (χ0) is 17.6. The molecule has 132 valence electrons. The first-order chi connectivity index (χ1) is 12.1. The lowest BCUT2D eigenvalue weighted by atomic mass is 10.2. The predicted octanol–water partition coefficient (Wildman–Crippen LogP) is 4.07. The average molecular weight is 375 g/mol. The van der Waals surface area contributed by atoms with Gasteiger partial charge in [-0.1, -0.05) is 6.07 Å². The van der Waals surface area contributed by atoms with Crippen LogP contribution in [0, 0.1) is 6.92 Å². The average Bonchev–Trinajstić information content (AvgIpc) is 3.33. The van der Waals surface area contributed by atoms with E-state index in [1.165, 1.54) is 9.75 Å². The summed E-state index contributed by atoms with van der Waals surface area (Å²) in [5, 5.41) is 8.72. The lowest BCUT2D eigenvalue weighted by Gasteiger charge is -2.16. The second kappa shape index (κ2) is 8.31. The van der Waals surface area contributed by atoms with Crippen LogP contribution in [0.1, 0.15) is 22.4 Å². The molecule has 0 amide bonds. The summed E-state index contributed by atoms with van der Waals surface area (Å²) in [7, 11) is 1.78. The molecule has 2 N–H and O–H groups in total. The minimum absolute atomic E-state index is 0.295. The van der Waals surface area contributed by atoms with Crippen LogP contribution in [0.15, 0.2) is 45.3 Å². The number of hydrogen-bond acceptors (Lipinski definition) is 5. The molecule has 0 bridgehead atoms. The van der Waals surface area contributed by atoms with Gasteiger partial charge in [-0.15, -0.1) is 22.7 Å². The molecule has 3 aromatic rings. The zero-order valence-electron chi connectivity index (χ0n) is 14.6. The lowest BCUT2D eigenvalue weighted by molar-refractivity contribution is 0.573. The first kappa shape index (κ1) is 17.7. The fourth-order valence-corrected chi connectivity index (χ4v) is 4.13. The normalized spacial score (nSPS) is 13.0. The molecular weight excluding hydrogens is 352 g/mol. The van der Waals surface area contributed by atoms with Crippen LogP contribution < -0.4 is 10.6 Å². The Bertz CT molecular complexity index is 820. The highest BCUT2D eigenvalue weighted by molar-refractivity contribution is 7.13. The van der Waals surface area contributed by atoms with Crippen LogP contribution in [0.5, 0.6) is 0 Å². The standard InChI is InChI=1S/C18H22N4OS2/c1-12(9-15-7-6-13(2)25-15)21-18(19-3)20-10-14-11-23-17(22-14)16-5-4-8-24-16/h4-8,11-12H,9-10H2,1-3H3,(H2,19,20,21). The van der Waals surface area contributed by atoms with E-state index in [0.29, 0.717) is 18.5 Å². The molecule has 0 saturated heterocycles. The fourth-order valence-electron chi connectivity index (χ4n) is 2.45. The Morgan fingerprint density at radius 2 is 2.24 bits per heavy atom. The van der Waals surface area contributed by atoms with Crippen molar-refractivity contribution in [3.8, 4) is 10.8 Å². The van der Waals surface area contributed by atoms with Gasteiger partial charge in [0.05, 0.1) is 17.1 Å². The van der Waals surface area contributed by atoms with E-state index in [2.05, 4.69) is 46.6 Å². The quantitative estimate of drug-likeness (QED) is 0.504. The Balaban J connectivity index is 1.50. The van der Waals surface area contributed by atoms with E-state index in [4.69, 9.17) is 4.42 Å². The van der Waals surface area contributed by atoms with Crippen molar-refractivity contribution in [1.29, 1.82) is 0 Å². The molecule has 0 aromatic carbocycles. The second-order valence-electron chi connectivity index (χ2n) is 5.81. The van der Waals surface area contributed by atoms with Gasteiger partial charge in [-0.2, -0.15) is 0 Å². The molecule has 0 aliphatic carbocycles. The summed E-state index contributed by atoms with van der Waals surface area (Å²) in [6.45, 7) is 4.86. The third-order valence-corrected chi connectivity index (χ3v) is 5.51. The molecule has 3 heterocycles. The Kier molecular flexibility index (Phi) is 5.88. The minimum Gasteiger partial charge on any atom is -0.443 e. The Hall–Kier alpha value is -2.12. The fraction of sp³-hybridized carbons (Fsp3) is 0.333. The predicted molar refractivity (Wildman–Crippen MR) is 105 cm³/mol. The summed E-state index contributed by atoms with van der Waals surface area (Å²) < 4.78 is 5.54. The van der Waals surface area contributed by atoms with E-state index in [1.807, 2.05) is 28.8 Å². The molecule has 25 heavy (non-hydrogen) atoms. The van der Waals surface area contributed by atoms with Gasteiger partial charge in [-0.3, -0.25) is 4.99 Å². The van der Waals surface area contributed by atoms with Gasteiger partial charge in [0.25, 0.3) is 0 Å². The molecule has 3 rings (SSSR count). The number of rotatable bonds is 6. The molecular formula is C18H22N4OS2. The van der Waals surface area contributed by atoms with Gasteiger partial charge < -0.3 is 15.1 Å². The number of aromatic nitrogens is 1. The summed E-state index contributed by atoms with van der Waals surface area (Å²) >= 11 is 3.46. The Labute approximate surface area is 155 Å². The largest absolute Gasteiger partial charge is 0.443 e. The topological polar surface area (TPSA) is 62.5 Å². The van der Waals surface area contributed by atoms with Crippen molar-refractivity contribution in [3.63, 3.8) is 0 Å². The highest BCUT2D eigenvalue weighted by Gasteiger charge is 2.10. The van der Waals surface area contributed by atoms with Gasteiger partial charge in [0, 0.05) is 29.3 Å². The molecule has 0 radical (unpaired) electrons. The van der Waals surface area contributed by atoms with Crippen molar-refractivity contribution in [2.24, 2.45) is 4.99 Å². The van der Waals surface area contributed by atoms with E-state index in [9.17, 15) is 0 Å². The third kappa shape index (κ3) is 4.93. The number of oxazole rings is 1. The molecule has 0 spiro atoms. The van der Waals surface area contributed by atoms with Crippen LogP contribution in [0.4, 0.5) is 0 Å². The number of hydrogen-bond donors (Lipinski definition) is 2. The van der Waals surface area contributed by atoms with Gasteiger partial charge in [0.2, 0.25) is 5.89 Å². The maximum Gasteiger partial charge on any atom is 0.236 e. The lowest BCUT2D eigenvalue weighted by Crippen LogP contribution is -2.42. The molecule has 3 aromatic heterocycles. The van der Waals surface area contributed by atoms with Crippen LogP contribution in [0.25, 0.3) is 10.8 Å². The maximum absolute atomic E-state index is 5.54. The first-order valence-corrected chi connectivity index (χ1v) is 9.84. The smallest absolute Gasteiger partial charge is 0.236 e. The van der Waals surface area contributed by atoms with Crippen molar-refractivity contribution < 1.29 is 4.42 Å². The van der Waals surface area contributed by atoms with E-state index in [-0.39, 0.29) is 0 Å². The third-order valence-electron chi connectivity index (χ3n) is 3.63. The molecule has 1 unspecified atom stereocenters. The molecule has 0 aliphatic heterocycles. The van der Waals surface area contributed by atoms with E-state index >= 15 is 0 Å². The van der Waals surface area contributed by atoms with Crippen LogP contribution in [-0.2, 0) is 13.0 Å². The monoisotopic (exact) mass is 374 g/mol. The SMILES string of the molecule is CN=C(NCc1coc(-c2cccs2)n1)NC(C)Cc1ccc(C)s1. The summed E-state index contributed by atoms with van der Waals surface area (Å²) in [6.07, 6.45) is 2.67. The van der Waals surface area contributed by atoms with Gasteiger partial charge in [0.1, 0.15) is 6.26 Å².